The largest absolute Gasteiger partial charge is 0.496 e. The SMILES string of the molecule is C=C1NC=C(C)C(OC)=C1C. The lowest BCUT2D eigenvalue weighted by Gasteiger charge is -2.18. The lowest BCUT2D eigenvalue weighted by Crippen LogP contribution is -2.14. The Bertz CT molecular complexity index is 248. The van der Waals surface area contributed by atoms with Gasteiger partial charge in [-0.2, -0.15) is 0 Å². The smallest absolute Gasteiger partial charge is 0.128 e. The second-order valence-corrected chi connectivity index (χ2v) is 2.61. The fourth-order valence-electron chi connectivity index (χ4n) is 1.12. The third-order valence-corrected chi connectivity index (χ3v) is 1.82. The van der Waals surface area contributed by atoms with Crippen LogP contribution in [0.4, 0.5) is 0 Å². The van der Waals surface area contributed by atoms with Gasteiger partial charge in [-0.05, 0) is 13.8 Å². The molecule has 1 rings (SSSR count). The number of dihydropyridines is 1. The predicted octanol–water partition coefficient (Wildman–Crippen LogP) is 1.93. The van der Waals surface area contributed by atoms with Gasteiger partial charge in [-0.1, -0.05) is 6.58 Å². The van der Waals surface area contributed by atoms with Gasteiger partial charge in [-0.3, -0.25) is 0 Å². The van der Waals surface area contributed by atoms with Crippen LogP contribution in [0.3, 0.4) is 0 Å². The molecule has 1 aliphatic rings. The molecule has 0 fully saturated rings. The fraction of sp³-hybridized carbons (Fsp3) is 0.333. The molecule has 0 aromatic rings. The zero-order valence-corrected chi connectivity index (χ0v) is 7.19. The molecule has 1 heterocycles. The molecule has 0 amide bonds. The van der Waals surface area contributed by atoms with Crippen LogP contribution in [0.5, 0.6) is 0 Å². The van der Waals surface area contributed by atoms with Crippen LogP contribution < -0.4 is 5.32 Å². The first-order valence-corrected chi connectivity index (χ1v) is 3.54. The van der Waals surface area contributed by atoms with Gasteiger partial charge in [0.25, 0.3) is 0 Å². The maximum absolute atomic E-state index is 5.20. The van der Waals surface area contributed by atoms with Crippen LogP contribution in [0.1, 0.15) is 13.8 Å². The second kappa shape index (κ2) is 2.82. The van der Waals surface area contributed by atoms with Crippen molar-refractivity contribution in [1.82, 2.24) is 5.32 Å². The van der Waals surface area contributed by atoms with Crippen molar-refractivity contribution >= 4 is 0 Å². The lowest BCUT2D eigenvalue weighted by molar-refractivity contribution is 0.295. The van der Waals surface area contributed by atoms with Gasteiger partial charge in [-0.15, -0.1) is 0 Å². The molecule has 11 heavy (non-hydrogen) atoms. The van der Waals surface area contributed by atoms with Gasteiger partial charge in [-0.25, -0.2) is 0 Å². The number of ether oxygens (including phenoxy) is 1. The standard InChI is InChI=1S/C9H13NO/c1-6-5-10-8(3)7(2)9(6)11-4/h5,10H,3H2,1-2,4H3. The topological polar surface area (TPSA) is 21.3 Å². The van der Waals surface area contributed by atoms with E-state index < -0.39 is 0 Å². The van der Waals surface area contributed by atoms with Crippen molar-refractivity contribution in [1.29, 1.82) is 0 Å². The Hall–Kier alpha value is -1.18. The first-order chi connectivity index (χ1) is 5.16. The van der Waals surface area contributed by atoms with Crippen LogP contribution in [0.2, 0.25) is 0 Å². The Morgan fingerprint density at radius 2 is 2.09 bits per heavy atom. The molecule has 2 nitrogen and oxygen atoms in total. The number of methoxy groups -OCH3 is 1. The zero-order valence-electron chi connectivity index (χ0n) is 7.19. The summed E-state index contributed by atoms with van der Waals surface area (Å²) in [5.41, 5.74) is 3.09. The van der Waals surface area contributed by atoms with Crippen LogP contribution in [0, 0.1) is 0 Å². The Labute approximate surface area is 67.2 Å². The lowest BCUT2D eigenvalue weighted by atomic mass is 10.1. The van der Waals surface area contributed by atoms with E-state index in [2.05, 4.69) is 11.9 Å². The Kier molecular flexibility index (Phi) is 2.03. The summed E-state index contributed by atoms with van der Waals surface area (Å²) in [5, 5.41) is 3.05. The molecular weight excluding hydrogens is 138 g/mol. The fourth-order valence-corrected chi connectivity index (χ4v) is 1.12. The van der Waals surface area contributed by atoms with Gasteiger partial charge in [0, 0.05) is 23.0 Å². The van der Waals surface area contributed by atoms with Crippen LogP contribution in [-0.2, 0) is 4.74 Å². The monoisotopic (exact) mass is 151 g/mol. The minimum atomic E-state index is 0.910. The maximum atomic E-state index is 5.20. The molecule has 0 saturated carbocycles. The Morgan fingerprint density at radius 3 is 2.55 bits per heavy atom. The summed E-state index contributed by atoms with van der Waals surface area (Å²) in [6, 6.07) is 0. The molecule has 0 unspecified atom stereocenters. The van der Waals surface area contributed by atoms with Gasteiger partial charge in [0.2, 0.25) is 0 Å². The molecule has 0 saturated heterocycles. The highest BCUT2D eigenvalue weighted by molar-refractivity contribution is 5.42. The summed E-state index contributed by atoms with van der Waals surface area (Å²) in [6.45, 7) is 7.83. The van der Waals surface area contributed by atoms with E-state index in [0.717, 1.165) is 22.6 Å². The first kappa shape index (κ1) is 7.92. The normalized spacial score (nSPS) is 17.7. The third kappa shape index (κ3) is 1.29. The van der Waals surface area contributed by atoms with Gasteiger partial charge in [0.05, 0.1) is 7.11 Å². The molecule has 0 aliphatic carbocycles. The minimum Gasteiger partial charge on any atom is -0.496 e. The molecule has 60 valence electrons. The highest BCUT2D eigenvalue weighted by atomic mass is 16.5. The van der Waals surface area contributed by atoms with Crippen molar-refractivity contribution in [2.75, 3.05) is 7.11 Å². The molecule has 1 aliphatic heterocycles. The molecule has 1 N–H and O–H groups in total. The Morgan fingerprint density at radius 1 is 1.45 bits per heavy atom. The van der Waals surface area contributed by atoms with E-state index in [-0.39, 0.29) is 0 Å². The van der Waals surface area contributed by atoms with E-state index in [0.29, 0.717) is 0 Å². The second-order valence-electron chi connectivity index (χ2n) is 2.61. The number of nitrogens with one attached hydrogen (secondary N) is 1. The average molecular weight is 151 g/mol. The van der Waals surface area contributed by atoms with Gasteiger partial charge in [0.1, 0.15) is 5.76 Å². The molecule has 0 bridgehead atoms. The summed E-state index contributed by atoms with van der Waals surface area (Å²) in [6.07, 6.45) is 1.90. The Balaban J connectivity index is 3.05. The summed E-state index contributed by atoms with van der Waals surface area (Å²) < 4.78 is 5.20. The van der Waals surface area contributed by atoms with Crippen LogP contribution in [-0.4, -0.2) is 7.11 Å². The molecular formula is C9H13NO. The maximum Gasteiger partial charge on any atom is 0.128 e. The predicted molar refractivity (Wildman–Crippen MR) is 45.7 cm³/mol. The molecule has 0 atom stereocenters. The van der Waals surface area contributed by atoms with E-state index in [4.69, 9.17) is 4.74 Å². The van der Waals surface area contributed by atoms with E-state index in [9.17, 15) is 0 Å². The van der Waals surface area contributed by atoms with Crippen molar-refractivity contribution in [3.8, 4) is 0 Å². The molecule has 0 spiro atoms. The summed E-state index contributed by atoms with van der Waals surface area (Å²) in [5.74, 6) is 0.925. The van der Waals surface area contributed by atoms with E-state index in [1.165, 1.54) is 0 Å². The van der Waals surface area contributed by atoms with Crippen LogP contribution in [0.25, 0.3) is 0 Å². The van der Waals surface area contributed by atoms with Crippen molar-refractivity contribution in [2.45, 2.75) is 13.8 Å². The van der Waals surface area contributed by atoms with Crippen molar-refractivity contribution in [2.24, 2.45) is 0 Å². The minimum absolute atomic E-state index is 0.910. The summed E-state index contributed by atoms with van der Waals surface area (Å²) in [4.78, 5) is 0. The quantitative estimate of drug-likeness (QED) is 0.618. The molecule has 2 heteroatoms. The molecule has 0 aromatic carbocycles. The highest BCUT2D eigenvalue weighted by Gasteiger charge is 2.11. The zero-order chi connectivity index (χ0) is 8.43. The number of allylic oxidation sites excluding steroid dienone is 2. The van der Waals surface area contributed by atoms with Crippen molar-refractivity contribution in [3.05, 3.63) is 35.4 Å². The van der Waals surface area contributed by atoms with E-state index in [1.807, 2.05) is 20.0 Å². The van der Waals surface area contributed by atoms with Gasteiger partial charge in [0.15, 0.2) is 0 Å². The highest BCUT2D eigenvalue weighted by Crippen LogP contribution is 2.22. The van der Waals surface area contributed by atoms with Crippen LogP contribution >= 0.6 is 0 Å². The molecule has 0 radical (unpaired) electrons. The summed E-state index contributed by atoms with van der Waals surface area (Å²) in [7, 11) is 1.68. The third-order valence-electron chi connectivity index (χ3n) is 1.82. The van der Waals surface area contributed by atoms with E-state index in [1.54, 1.807) is 7.11 Å². The van der Waals surface area contributed by atoms with Gasteiger partial charge < -0.3 is 10.1 Å². The van der Waals surface area contributed by atoms with Crippen molar-refractivity contribution < 1.29 is 4.74 Å². The van der Waals surface area contributed by atoms with Gasteiger partial charge >= 0.3 is 0 Å². The number of hydrogen-bond acceptors (Lipinski definition) is 2. The summed E-state index contributed by atoms with van der Waals surface area (Å²) >= 11 is 0. The molecule has 0 aromatic heterocycles. The number of hydrogen-bond donors (Lipinski definition) is 1. The van der Waals surface area contributed by atoms with Crippen molar-refractivity contribution in [3.63, 3.8) is 0 Å². The van der Waals surface area contributed by atoms with Crippen LogP contribution in [0.15, 0.2) is 35.4 Å². The first-order valence-electron chi connectivity index (χ1n) is 3.54. The number of rotatable bonds is 1. The average Bonchev–Trinajstić information content (AvgIpc) is 1.99. The van der Waals surface area contributed by atoms with E-state index >= 15 is 0 Å².